The van der Waals surface area contributed by atoms with Crippen molar-refractivity contribution in [1.82, 2.24) is 9.88 Å². The Bertz CT molecular complexity index is 594. The van der Waals surface area contributed by atoms with Crippen molar-refractivity contribution in [3.05, 3.63) is 23.9 Å². The summed E-state index contributed by atoms with van der Waals surface area (Å²) in [6.45, 7) is 2.10. The minimum absolute atomic E-state index is 0.112. The highest BCUT2D eigenvalue weighted by Gasteiger charge is 2.40. The van der Waals surface area contributed by atoms with Gasteiger partial charge in [-0.1, -0.05) is 6.07 Å². The minimum Gasteiger partial charge on any atom is -0.357 e. The molecule has 2 aliphatic heterocycles. The topological polar surface area (TPSA) is 36.4 Å². The number of halogens is 3. The molecule has 0 aromatic carbocycles. The van der Waals surface area contributed by atoms with Crippen LogP contribution < -0.4 is 4.90 Å². The first-order valence-electron chi connectivity index (χ1n) is 7.82. The predicted octanol–water partition coefficient (Wildman–Crippen LogP) is 2.94. The predicted molar refractivity (Wildman–Crippen MR) is 80.0 cm³/mol. The average molecular weight is 327 g/mol. The molecule has 7 heteroatoms. The van der Waals surface area contributed by atoms with Gasteiger partial charge in [0.1, 0.15) is 11.5 Å². The lowest BCUT2D eigenvalue weighted by molar-refractivity contribution is -0.141. The van der Waals surface area contributed by atoms with Crippen molar-refractivity contribution in [2.24, 2.45) is 5.41 Å². The van der Waals surface area contributed by atoms with Crippen LogP contribution in [0, 0.1) is 5.41 Å². The number of aromatic nitrogens is 1. The molecule has 4 nitrogen and oxygen atoms in total. The van der Waals surface area contributed by atoms with Crippen LogP contribution in [0.25, 0.3) is 0 Å². The molecule has 0 atom stereocenters. The Kier molecular flexibility index (Phi) is 3.98. The number of alkyl halides is 3. The van der Waals surface area contributed by atoms with Crippen LogP contribution in [-0.2, 0) is 11.0 Å². The van der Waals surface area contributed by atoms with Gasteiger partial charge < -0.3 is 9.80 Å². The van der Waals surface area contributed by atoms with Gasteiger partial charge in [0, 0.05) is 33.1 Å². The van der Waals surface area contributed by atoms with Gasteiger partial charge in [-0.15, -0.1) is 0 Å². The minimum atomic E-state index is -4.42. The second kappa shape index (κ2) is 5.69. The highest BCUT2D eigenvalue weighted by atomic mass is 19.4. The number of anilines is 1. The SMILES string of the molecule is CN1CC2(CCC1=O)CCN(c1cccc(C(F)(F)F)n1)CC2. The molecule has 0 N–H and O–H groups in total. The second-order valence-electron chi connectivity index (χ2n) is 6.62. The van der Waals surface area contributed by atoms with Gasteiger partial charge >= 0.3 is 6.18 Å². The maximum atomic E-state index is 12.8. The molecule has 3 rings (SSSR count). The van der Waals surface area contributed by atoms with Crippen LogP contribution in [0.3, 0.4) is 0 Å². The summed E-state index contributed by atoms with van der Waals surface area (Å²) in [5, 5.41) is 0. The summed E-state index contributed by atoms with van der Waals surface area (Å²) in [5.41, 5.74) is -0.737. The van der Waals surface area contributed by atoms with Crippen molar-refractivity contribution in [3.63, 3.8) is 0 Å². The van der Waals surface area contributed by atoms with Crippen LogP contribution >= 0.6 is 0 Å². The maximum Gasteiger partial charge on any atom is 0.433 e. The molecule has 126 valence electrons. The van der Waals surface area contributed by atoms with Crippen molar-refractivity contribution in [2.45, 2.75) is 31.9 Å². The molecule has 2 saturated heterocycles. The smallest absolute Gasteiger partial charge is 0.357 e. The van der Waals surface area contributed by atoms with Crippen molar-refractivity contribution in [3.8, 4) is 0 Å². The summed E-state index contributed by atoms with van der Waals surface area (Å²) in [7, 11) is 1.82. The number of carbonyl (C=O) groups is 1. The Labute approximate surface area is 133 Å². The first-order chi connectivity index (χ1) is 10.8. The first kappa shape index (κ1) is 16.1. The highest BCUT2D eigenvalue weighted by molar-refractivity contribution is 5.76. The first-order valence-corrected chi connectivity index (χ1v) is 7.82. The Morgan fingerprint density at radius 2 is 1.87 bits per heavy atom. The van der Waals surface area contributed by atoms with Crippen LogP contribution in [0.15, 0.2) is 18.2 Å². The van der Waals surface area contributed by atoms with Crippen molar-refractivity contribution in [2.75, 3.05) is 31.6 Å². The molecule has 1 aromatic heterocycles. The lowest BCUT2D eigenvalue weighted by Gasteiger charge is -2.46. The lowest BCUT2D eigenvalue weighted by atomic mass is 9.72. The summed E-state index contributed by atoms with van der Waals surface area (Å²) < 4.78 is 38.3. The van der Waals surface area contributed by atoms with Gasteiger partial charge in [0.2, 0.25) is 5.91 Å². The largest absolute Gasteiger partial charge is 0.433 e. The van der Waals surface area contributed by atoms with E-state index >= 15 is 0 Å². The van der Waals surface area contributed by atoms with E-state index in [1.807, 2.05) is 11.9 Å². The van der Waals surface area contributed by atoms with Crippen LogP contribution in [0.5, 0.6) is 0 Å². The van der Waals surface area contributed by atoms with Gasteiger partial charge in [-0.3, -0.25) is 4.79 Å². The van der Waals surface area contributed by atoms with Crippen molar-refractivity contribution < 1.29 is 18.0 Å². The number of carbonyl (C=O) groups excluding carboxylic acids is 1. The monoisotopic (exact) mass is 327 g/mol. The van der Waals surface area contributed by atoms with E-state index in [1.165, 1.54) is 6.07 Å². The van der Waals surface area contributed by atoms with Crippen LogP contribution in [0.2, 0.25) is 0 Å². The van der Waals surface area contributed by atoms with E-state index in [4.69, 9.17) is 0 Å². The third kappa shape index (κ3) is 3.28. The van der Waals surface area contributed by atoms with Gasteiger partial charge in [0.05, 0.1) is 0 Å². The third-order valence-electron chi connectivity index (χ3n) is 5.04. The average Bonchev–Trinajstić information content (AvgIpc) is 2.52. The molecule has 1 amide bonds. The number of pyridine rings is 1. The summed E-state index contributed by atoms with van der Waals surface area (Å²) in [6.07, 6.45) is -1.22. The summed E-state index contributed by atoms with van der Waals surface area (Å²) in [5.74, 6) is 0.563. The zero-order valence-corrected chi connectivity index (χ0v) is 13.1. The fourth-order valence-electron chi connectivity index (χ4n) is 3.61. The van der Waals surface area contributed by atoms with Gasteiger partial charge in [0.25, 0.3) is 0 Å². The number of rotatable bonds is 1. The maximum absolute atomic E-state index is 12.8. The molecule has 0 radical (unpaired) electrons. The quantitative estimate of drug-likeness (QED) is 0.796. The molecule has 23 heavy (non-hydrogen) atoms. The highest BCUT2D eigenvalue weighted by Crippen LogP contribution is 2.40. The normalized spacial score (nSPS) is 21.8. The molecular weight excluding hydrogens is 307 g/mol. The van der Waals surface area contributed by atoms with E-state index in [1.54, 1.807) is 11.0 Å². The second-order valence-corrected chi connectivity index (χ2v) is 6.62. The number of amides is 1. The van der Waals surface area contributed by atoms with E-state index in [9.17, 15) is 18.0 Å². The van der Waals surface area contributed by atoms with E-state index in [-0.39, 0.29) is 11.3 Å². The molecular formula is C16H20F3N3O. The Morgan fingerprint density at radius 1 is 1.17 bits per heavy atom. The third-order valence-corrected chi connectivity index (χ3v) is 5.04. The molecule has 0 unspecified atom stereocenters. The molecule has 0 saturated carbocycles. The molecule has 1 spiro atoms. The zero-order chi connectivity index (χ0) is 16.7. The standard InChI is InChI=1S/C16H20F3N3O/c1-21-11-15(6-5-14(21)23)7-9-22(10-8-15)13-4-2-3-12(20-13)16(17,18)19/h2-4H,5-11H2,1H3. The molecule has 1 aromatic rings. The van der Waals surface area contributed by atoms with Gasteiger partial charge in [-0.05, 0) is 36.8 Å². The van der Waals surface area contributed by atoms with Gasteiger partial charge in [-0.2, -0.15) is 13.2 Å². The van der Waals surface area contributed by atoms with Crippen LogP contribution in [-0.4, -0.2) is 42.5 Å². The summed E-state index contributed by atoms with van der Waals surface area (Å²) in [4.78, 5) is 19.1. The number of hydrogen-bond acceptors (Lipinski definition) is 3. The molecule has 0 aliphatic carbocycles. The number of likely N-dealkylation sites (tertiary alicyclic amines) is 1. The Hall–Kier alpha value is -1.79. The van der Waals surface area contributed by atoms with E-state index < -0.39 is 11.9 Å². The number of hydrogen-bond donors (Lipinski definition) is 0. The molecule has 3 heterocycles. The van der Waals surface area contributed by atoms with E-state index in [2.05, 4.69) is 4.98 Å². The molecule has 0 bridgehead atoms. The summed E-state index contributed by atoms with van der Waals surface area (Å²) in [6, 6.07) is 4.03. The van der Waals surface area contributed by atoms with Crippen molar-refractivity contribution >= 4 is 11.7 Å². The zero-order valence-electron chi connectivity index (χ0n) is 13.1. The van der Waals surface area contributed by atoms with Gasteiger partial charge in [0.15, 0.2) is 0 Å². The van der Waals surface area contributed by atoms with Crippen LogP contribution in [0.1, 0.15) is 31.4 Å². The summed E-state index contributed by atoms with van der Waals surface area (Å²) >= 11 is 0. The number of nitrogens with zero attached hydrogens (tertiary/aromatic N) is 3. The van der Waals surface area contributed by atoms with Crippen LogP contribution in [0.4, 0.5) is 19.0 Å². The molecule has 2 aliphatic rings. The van der Waals surface area contributed by atoms with Gasteiger partial charge in [-0.25, -0.2) is 4.98 Å². The van der Waals surface area contributed by atoms with Crippen molar-refractivity contribution in [1.29, 1.82) is 0 Å². The van der Waals surface area contributed by atoms with E-state index in [0.717, 1.165) is 31.9 Å². The number of piperidine rings is 2. The Balaban J connectivity index is 1.69. The van der Waals surface area contributed by atoms with E-state index in [0.29, 0.717) is 25.3 Å². The lowest BCUT2D eigenvalue weighted by Crippen LogP contribution is -2.50. The Morgan fingerprint density at radius 3 is 2.48 bits per heavy atom. The fourth-order valence-corrected chi connectivity index (χ4v) is 3.61. The molecule has 2 fully saturated rings. The fraction of sp³-hybridized carbons (Fsp3) is 0.625.